The van der Waals surface area contributed by atoms with E-state index in [4.69, 9.17) is 28.9 Å². The van der Waals surface area contributed by atoms with Crippen LogP contribution in [0.4, 0.5) is 5.69 Å². The minimum absolute atomic E-state index is 0.115. The lowest BCUT2D eigenvalue weighted by molar-refractivity contribution is 0.519. The second-order valence-corrected chi connectivity index (χ2v) is 9.15. The Kier molecular flexibility index (Phi) is 5.87. The molecule has 0 amide bonds. The van der Waals surface area contributed by atoms with E-state index >= 15 is 0 Å². The van der Waals surface area contributed by atoms with E-state index in [2.05, 4.69) is 4.72 Å². The van der Waals surface area contributed by atoms with Crippen molar-refractivity contribution >= 4 is 48.9 Å². The highest BCUT2D eigenvalue weighted by Crippen LogP contribution is 2.30. The molecule has 0 radical (unpaired) electrons. The molecule has 7 nitrogen and oxygen atoms in total. The van der Waals surface area contributed by atoms with Crippen LogP contribution in [0.25, 0.3) is 0 Å². The van der Waals surface area contributed by atoms with Crippen LogP contribution in [0.2, 0.25) is 10.0 Å². The molecule has 0 atom stereocenters. The maximum atomic E-state index is 12.1. The smallest absolute Gasteiger partial charge is 0.244 e. The number of nitrogens with two attached hydrogens (primary N) is 1. The van der Waals surface area contributed by atoms with Crippen molar-refractivity contribution in [1.29, 1.82) is 0 Å². The van der Waals surface area contributed by atoms with Crippen LogP contribution in [0.3, 0.4) is 0 Å². The van der Waals surface area contributed by atoms with Crippen LogP contribution < -0.4 is 10.5 Å². The number of nitrogens with one attached hydrogen (secondary N) is 1. The van der Waals surface area contributed by atoms with Crippen LogP contribution in [0.15, 0.2) is 17.0 Å². The van der Waals surface area contributed by atoms with Crippen molar-refractivity contribution in [1.82, 2.24) is 9.03 Å². The second kappa shape index (κ2) is 6.67. The normalized spacial score (nSPS) is 12.8. The topological polar surface area (TPSA) is 110 Å². The monoisotopic (exact) mass is 375 g/mol. The zero-order valence-corrected chi connectivity index (χ0v) is 14.4. The molecule has 120 valence electrons. The SMILES string of the molecule is CN(C)S(=O)(=O)CCNS(=O)(=O)c1c(N)cc(Cl)cc1Cl. The third-order valence-electron chi connectivity index (χ3n) is 2.51. The fourth-order valence-corrected chi connectivity index (χ4v) is 4.29. The Balaban J connectivity index is 2.95. The van der Waals surface area contributed by atoms with Crippen molar-refractivity contribution < 1.29 is 16.8 Å². The Hall–Kier alpha value is -0.580. The van der Waals surface area contributed by atoms with Gasteiger partial charge in [0.15, 0.2) is 0 Å². The molecular weight excluding hydrogens is 361 g/mol. The molecule has 0 aliphatic carbocycles. The standard InChI is InChI=1S/C10H15Cl2N3O4S2/c1-15(2)20(16,17)4-3-14-21(18,19)10-8(12)5-7(11)6-9(10)13/h5-6,14H,3-4,13H2,1-2H3. The van der Waals surface area contributed by atoms with Gasteiger partial charge in [-0.1, -0.05) is 23.2 Å². The molecule has 0 saturated carbocycles. The van der Waals surface area contributed by atoms with E-state index in [0.717, 1.165) is 4.31 Å². The number of hydrogen-bond donors (Lipinski definition) is 2. The number of benzene rings is 1. The lowest BCUT2D eigenvalue weighted by Crippen LogP contribution is -2.34. The largest absolute Gasteiger partial charge is 0.398 e. The van der Waals surface area contributed by atoms with Crippen LogP contribution >= 0.6 is 23.2 Å². The molecule has 0 unspecified atom stereocenters. The van der Waals surface area contributed by atoms with Gasteiger partial charge in [0.1, 0.15) is 4.90 Å². The Labute approximate surface area is 134 Å². The van der Waals surface area contributed by atoms with Crippen molar-refractivity contribution in [3.05, 3.63) is 22.2 Å². The van der Waals surface area contributed by atoms with E-state index in [9.17, 15) is 16.8 Å². The van der Waals surface area contributed by atoms with Crippen LogP contribution in [-0.4, -0.2) is 47.5 Å². The predicted octanol–water partition coefficient (Wildman–Crippen LogP) is 0.745. The first-order chi connectivity index (χ1) is 9.47. The molecule has 11 heteroatoms. The first-order valence-electron chi connectivity index (χ1n) is 5.62. The van der Waals surface area contributed by atoms with Gasteiger partial charge in [0, 0.05) is 25.7 Å². The van der Waals surface area contributed by atoms with Gasteiger partial charge in [-0.05, 0) is 12.1 Å². The zero-order chi connectivity index (χ0) is 16.4. The highest BCUT2D eigenvalue weighted by molar-refractivity contribution is 7.90. The minimum Gasteiger partial charge on any atom is -0.398 e. The van der Waals surface area contributed by atoms with Crippen LogP contribution in [0.1, 0.15) is 0 Å². The van der Waals surface area contributed by atoms with E-state index < -0.39 is 20.0 Å². The number of anilines is 1. The first-order valence-corrected chi connectivity index (χ1v) is 9.46. The van der Waals surface area contributed by atoms with Gasteiger partial charge in [-0.15, -0.1) is 0 Å². The van der Waals surface area contributed by atoms with Crippen molar-refractivity contribution in [2.75, 3.05) is 32.1 Å². The highest BCUT2D eigenvalue weighted by atomic mass is 35.5. The molecule has 21 heavy (non-hydrogen) atoms. The zero-order valence-electron chi connectivity index (χ0n) is 11.3. The maximum Gasteiger partial charge on any atom is 0.244 e. The number of nitrogens with zero attached hydrogens (tertiary/aromatic N) is 1. The van der Waals surface area contributed by atoms with Gasteiger partial charge in [0.2, 0.25) is 20.0 Å². The van der Waals surface area contributed by atoms with Gasteiger partial charge >= 0.3 is 0 Å². The molecule has 0 aliphatic heterocycles. The minimum atomic E-state index is -4.04. The fraction of sp³-hybridized carbons (Fsp3) is 0.400. The lowest BCUT2D eigenvalue weighted by atomic mass is 10.3. The summed E-state index contributed by atoms with van der Waals surface area (Å²) in [6, 6.07) is 2.49. The number of halogens is 2. The summed E-state index contributed by atoms with van der Waals surface area (Å²) in [6.45, 7) is -0.304. The van der Waals surface area contributed by atoms with Crippen LogP contribution in [-0.2, 0) is 20.0 Å². The molecule has 0 fully saturated rings. The van der Waals surface area contributed by atoms with E-state index in [-0.39, 0.29) is 32.9 Å². The average Bonchev–Trinajstić information content (AvgIpc) is 2.25. The summed E-state index contributed by atoms with van der Waals surface area (Å²) in [5.74, 6) is -0.385. The molecule has 0 aliphatic rings. The molecule has 0 spiro atoms. The molecule has 1 aromatic rings. The summed E-state index contributed by atoms with van der Waals surface area (Å²) in [5, 5.41) is 0.0644. The quantitative estimate of drug-likeness (QED) is 0.712. The molecule has 0 aromatic heterocycles. The molecule has 1 aromatic carbocycles. The van der Waals surface area contributed by atoms with Crippen LogP contribution in [0.5, 0.6) is 0 Å². The van der Waals surface area contributed by atoms with E-state index in [0.29, 0.717) is 0 Å². The number of sulfonamides is 2. The van der Waals surface area contributed by atoms with Crippen molar-refractivity contribution in [2.45, 2.75) is 4.90 Å². The Morgan fingerprint density at radius 1 is 1.19 bits per heavy atom. The summed E-state index contributed by atoms with van der Waals surface area (Å²) < 4.78 is 50.5. The van der Waals surface area contributed by atoms with E-state index in [1.54, 1.807) is 0 Å². The molecule has 0 bridgehead atoms. The summed E-state index contributed by atoms with van der Waals surface area (Å²) in [4.78, 5) is -0.323. The third-order valence-corrected chi connectivity index (χ3v) is 6.55. The first kappa shape index (κ1) is 18.5. The van der Waals surface area contributed by atoms with Gasteiger partial charge in [0.25, 0.3) is 0 Å². The Morgan fingerprint density at radius 2 is 1.76 bits per heavy atom. The van der Waals surface area contributed by atoms with Crippen LogP contribution in [0, 0.1) is 0 Å². The summed E-state index contributed by atoms with van der Waals surface area (Å²) in [6.07, 6.45) is 0. The highest BCUT2D eigenvalue weighted by Gasteiger charge is 2.23. The molecule has 1 rings (SSSR count). The molecular formula is C10H15Cl2N3O4S2. The van der Waals surface area contributed by atoms with Crippen molar-refractivity contribution in [3.8, 4) is 0 Å². The number of hydrogen-bond acceptors (Lipinski definition) is 5. The molecule has 3 N–H and O–H groups in total. The molecule has 0 saturated heterocycles. The van der Waals surface area contributed by atoms with E-state index in [1.165, 1.54) is 26.2 Å². The van der Waals surface area contributed by atoms with Crippen molar-refractivity contribution in [2.24, 2.45) is 0 Å². The third kappa shape index (κ3) is 4.70. The fourth-order valence-electron chi connectivity index (χ4n) is 1.42. The van der Waals surface area contributed by atoms with Gasteiger partial charge in [-0.3, -0.25) is 0 Å². The summed E-state index contributed by atoms with van der Waals surface area (Å²) >= 11 is 11.5. The van der Waals surface area contributed by atoms with Gasteiger partial charge < -0.3 is 5.73 Å². The summed E-state index contributed by atoms with van der Waals surface area (Å²) in [5.41, 5.74) is 5.48. The second-order valence-electron chi connectivity index (χ2n) is 4.30. The maximum absolute atomic E-state index is 12.1. The van der Waals surface area contributed by atoms with Crippen molar-refractivity contribution in [3.63, 3.8) is 0 Å². The molecule has 0 heterocycles. The Morgan fingerprint density at radius 3 is 2.24 bits per heavy atom. The van der Waals surface area contributed by atoms with Gasteiger partial charge in [-0.25, -0.2) is 25.9 Å². The van der Waals surface area contributed by atoms with Gasteiger partial charge in [-0.2, -0.15) is 0 Å². The van der Waals surface area contributed by atoms with Gasteiger partial charge in [0.05, 0.1) is 16.5 Å². The lowest BCUT2D eigenvalue weighted by Gasteiger charge is -2.13. The number of nitrogen functional groups attached to an aromatic ring is 1. The predicted molar refractivity (Wildman–Crippen MR) is 83.5 cm³/mol. The number of rotatable bonds is 6. The Bertz CT molecular complexity index is 710. The van der Waals surface area contributed by atoms with E-state index in [1.807, 2.05) is 0 Å². The average molecular weight is 376 g/mol. The summed E-state index contributed by atoms with van der Waals surface area (Å²) in [7, 11) is -4.83.